The maximum Gasteiger partial charge on any atom is 0.150 e. The van der Waals surface area contributed by atoms with Crippen LogP contribution in [0.3, 0.4) is 0 Å². The third-order valence-electron chi connectivity index (χ3n) is 1.77. The standard InChI is InChI=1S/C10H19N3O/c1-8(2)11-6-9-5-10(14-12-9)7-13(3)4/h5,8,11H,6-7H2,1-4H3. The van der Waals surface area contributed by atoms with Gasteiger partial charge < -0.3 is 14.7 Å². The Hall–Kier alpha value is -0.870. The molecule has 1 heterocycles. The maximum atomic E-state index is 5.18. The Labute approximate surface area is 85.3 Å². The molecule has 1 aromatic rings. The van der Waals surface area contributed by atoms with Crippen molar-refractivity contribution in [1.29, 1.82) is 0 Å². The molecule has 4 nitrogen and oxygen atoms in total. The molecule has 1 N–H and O–H groups in total. The first-order valence-corrected chi connectivity index (χ1v) is 4.90. The fraction of sp³-hybridized carbons (Fsp3) is 0.700. The van der Waals surface area contributed by atoms with Crippen molar-refractivity contribution in [2.24, 2.45) is 0 Å². The monoisotopic (exact) mass is 197 g/mol. The predicted molar refractivity (Wildman–Crippen MR) is 55.9 cm³/mol. The second-order valence-corrected chi connectivity index (χ2v) is 4.06. The predicted octanol–water partition coefficient (Wildman–Crippen LogP) is 1.23. The second kappa shape index (κ2) is 5.12. The average Bonchev–Trinajstić information content (AvgIpc) is 2.47. The highest BCUT2D eigenvalue weighted by atomic mass is 16.5. The maximum absolute atomic E-state index is 5.18. The molecule has 14 heavy (non-hydrogen) atoms. The first-order chi connectivity index (χ1) is 6.58. The molecular formula is C10H19N3O. The first-order valence-electron chi connectivity index (χ1n) is 4.90. The van der Waals surface area contributed by atoms with E-state index in [1.165, 1.54) is 0 Å². The molecule has 0 aliphatic rings. The Balaban J connectivity index is 2.42. The van der Waals surface area contributed by atoms with E-state index in [4.69, 9.17) is 4.52 Å². The van der Waals surface area contributed by atoms with Gasteiger partial charge in [0.15, 0.2) is 5.76 Å². The molecule has 0 bridgehead atoms. The van der Waals surface area contributed by atoms with Gasteiger partial charge in [0.05, 0.1) is 12.2 Å². The highest BCUT2D eigenvalue weighted by Crippen LogP contribution is 2.05. The third-order valence-corrected chi connectivity index (χ3v) is 1.77. The summed E-state index contributed by atoms with van der Waals surface area (Å²) in [6.45, 7) is 5.80. The van der Waals surface area contributed by atoms with Crippen molar-refractivity contribution < 1.29 is 4.52 Å². The fourth-order valence-electron chi connectivity index (χ4n) is 1.13. The molecule has 4 heteroatoms. The summed E-state index contributed by atoms with van der Waals surface area (Å²) in [6, 6.07) is 2.47. The normalized spacial score (nSPS) is 11.6. The molecule has 0 aliphatic carbocycles. The van der Waals surface area contributed by atoms with Gasteiger partial charge in [-0.15, -0.1) is 0 Å². The van der Waals surface area contributed by atoms with Gasteiger partial charge in [-0.25, -0.2) is 0 Å². The molecule has 0 aliphatic heterocycles. The molecule has 1 rings (SSSR count). The molecule has 80 valence electrons. The van der Waals surface area contributed by atoms with Gasteiger partial charge in [-0.2, -0.15) is 0 Å². The Kier molecular flexibility index (Phi) is 4.10. The van der Waals surface area contributed by atoms with E-state index in [9.17, 15) is 0 Å². The van der Waals surface area contributed by atoms with Crippen LogP contribution in [0.25, 0.3) is 0 Å². The number of hydrogen-bond donors (Lipinski definition) is 1. The summed E-state index contributed by atoms with van der Waals surface area (Å²) < 4.78 is 5.18. The van der Waals surface area contributed by atoms with Gasteiger partial charge in [0.1, 0.15) is 0 Å². The van der Waals surface area contributed by atoms with E-state index in [-0.39, 0.29) is 0 Å². The van der Waals surface area contributed by atoms with Crippen molar-refractivity contribution in [2.75, 3.05) is 14.1 Å². The van der Waals surface area contributed by atoms with E-state index in [1.807, 2.05) is 20.2 Å². The zero-order valence-corrected chi connectivity index (χ0v) is 9.37. The molecule has 1 aromatic heterocycles. The van der Waals surface area contributed by atoms with Crippen LogP contribution < -0.4 is 5.32 Å². The topological polar surface area (TPSA) is 41.3 Å². The van der Waals surface area contributed by atoms with Crippen LogP contribution in [0.4, 0.5) is 0 Å². The summed E-state index contributed by atoms with van der Waals surface area (Å²) in [6.07, 6.45) is 0. The number of nitrogens with zero attached hydrogens (tertiary/aromatic N) is 2. The summed E-state index contributed by atoms with van der Waals surface area (Å²) in [5, 5.41) is 7.27. The van der Waals surface area contributed by atoms with Crippen LogP contribution in [0.15, 0.2) is 10.6 Å². The van der Waals surface area contributed by atoms with E-state index in [2.05, 4.69) is 29.2 Å². The van der Waals surface area contributed by atoms with Gasteiger partial charge in [0.25, 0.3) is 0 Å². The highest BCUT2D eigenvalue weighted by Gasteiger charge is 2.04. The van der Waals surface area contributed by atoms with Gasteiger partial charge in [0, 0.05) is 18.7 Å². The SMILES string of the molecule is CC(C)NCc1cc(CN(C)C)on1. The highest BCUT2D eigenvalue weighted by molar-refractivity contribution is 5.04. The fourth-order valence-corrected chi connectivity index (χ4v) is 1.13. The van der Waals surface area contributed by atoms with Crippen molar-refractivity contribution in [1.82, 2.24) is 15.4 Å². The summed E-state index contributed by atoms with van der Waals surface area (Å²) in [5.41, 5.74) is 0.968. The lowest BCUT2D eigenvalue weighted by Gasteiger charge is -2.04. The van der Waals surface area contributed by atoms with Crippen LogP contribution in [0.1, 0.15) is 25.3 Å². The second-order valence-electron chi connectivity index (χ2n) is 4.06. The Morgan fingerprint density at radius 3 is 2.79 bits per heavy atom. The van der Waals surface area contributed by atoms with Crippen LogP contribution >= 0.6 is 0 Å². The smallest absolute Gasteiger partial charge is 0.150 e. The number of rotatable bonds is 5. The van der Waals surface area contributed by atoms with Crippen LogP contribution in [0, 0.1) is 0 Å². The van der Waals surface area contributed by atoms with Gasteiger partial charge >= 0.3 is 0 Å². The largest absolute Gasteiger partial charge is 0.360 e. The zero-order valence-electron chi connectivity index (χ0n) is 9.37. The Morgan fingerprint density at radius 2 is 2.21 bits per heavy atom. The van der Waals surface area contributed by atoms with Gasteiger partial charge in [-0.1, -0.05) is 19.0 Å². The lowest BCUT2D eigenvalue weighted by molar-refractivity contribution is 0.307. The summed E-state index contributed by atoms with van der Waals surface area (Å²) in [5.74, 6) is 0.913. The molecule has 0 aromatic carbocycles. The van der Waals surface area contributed by atoms with Gasteiger partial charge in [0.2, 0.25) is 0 Å². The molecule has 0 spiro atoms. The molecule has 0 atom stereocenters. The minimum atomic E-state index is 0.476. The molecule has 0 radical (unpaired) electrons. The van der Waals surface area contributed by atoms with E-state index in [0.717, 1.165) is 24.5 Å². The van der Waals surface area contributed by atoms with Crippen molar-refractivity contribution in [3.05, 3.63) is 17.5 Å². The van der Waals surface area contributed by atoms with Crippen LogP contribution in [0.2, 0.25) is 0 Å². The summed E-state index contributed by atoms with van der Waals surface area (Å²) in [7, 11) is 4.02. The minimum Gasteiger partial charge on any atom is -0.360 e. The quantitative estimate of drug-likeness (QED) is 0.771. The van der Waals surface area contributed by atoms with Crippen molar-refractivity contribution in [3.8, 4) is 0 Å². The van der Waals surface area contributed by atoms with E-state index in [1.54, 1.807) is 0 Å². The molecule has 0 unspecified atom stereocenters. The molecule has 0 saturated heterocycles. The minimum absolute atomic E-state index is 0.476. The first kappa shape index (κ1) is 11.2. The Bertz CT molecular complexity index is 268. The van der Waals surface area contributed by atoms with Gasteiger partial charge in [-0.05, 0) is 14.1 Å². The molecular weight excluding hydrogens is 178 g/mol. The summed E-state index contributed by atoms with van der Waals surface area (Å²) in [4.78, 5) is 2.06. The average molecular weight is 197 g/mol. The van der Waals surface area contributed by atoms with Crippen LogP contribution in [-0.2, 0) is 13.1 Å². The van der Waals surface area contributed by atoms with Crippen molar-refractivity contribution in [3.63, 3.8) is 0 Å². The van der Waals surface area contributed by atoms with E-state index < -0.39 is 0 Å². The summed E-state index contributed by atoms with van der Waals surface area (Å²) >= 11 is 0. The molecule has 0 fully saturated rings. The number of hydrogen-bond acceptors (Lipinski definition) is 4. The third kappa shape index (κ3) is 3.89. The van der Waals surface area contributed by atoms with E-state index >= 15 is 0 Å². The molecule has 0 amide bonds. The number of nitrogens with one attached hydrogen (secondary N) is 1. The number of aromatic nitrogens is 1. The van der Waals surface area contributed by atoms with Crippen LogP contribution in [0.5, 0.6) is 0 Å². The molecule has 0 saturated carbocycles. The van der Waals surface area contributed by atoms with Crippen LogP contribution in [-0.4, -0.2) is 30.2 Å². The van der Waals surface area contributed by atoms with E-state index in [0.29, 0.717) is 6.04 Å². The van der Waals surface area contributed by atoms with Crippen molar-refractivity contribution >= 4 is 0 Å². The lowest BCUT2D eigenvalue weighted by atomic mass is 10.3. The lowest BCUT2D eigenvalue weighted by Crippen LogP contribution is -2.21. The zero-order chi connectivity index (χ0) is 10.6. The van der Waals surface area contributed by atoms with Gasteiger partial charge in [-0.3, -0.25) is 0 Å². The van der Waals surface area contributed by atoms with Crippen molar-refractivity contribution in [2.45, 2.75) is 33.0 Å². The Morgan fingerprint density at radius 1 is 1.50 bits per heavy atom.